The molecule has 0 bridgehead atoms. The van der Waals surface area contributed by atoms with Crippen LogP contribution >= 0.6 is 11.6 Å². The Labute approximate surface area is 150 Å². The molecule has 2 rings (SSSR count). The highest BCUT2D eigenvalue weighted by Gasteiger charge is 2.39. The van der Waals surface area contributed by atoms with Crippen molar-refractivity contribution in [2.24, 2.45) is 0 Å². The second-order valence-electron chi connectivity index (χ2n) is 6.08. The maximum Gasteiger partial charge on any atom is 0.399 e. The van der Waals surface area contributed by atoms with Crippen molar-refractivity contribution >= 4 is 24.0 Å². The van der Waals surface area contributed by atoms with Crippen LogP contribution in [0.4, 0.5) is 13.2 Å². The molecule has 2 aromatic rings. The summed E-state index contributed by atoms with van der Waals surface area (Å²) in [6.45, 7) is 5.13. The highest BCUT2D eigenvalue weighted by Crippen LogP contribution is 2.38. The molecule has 1 atom stereocenters. The van der Waals surface area contributed by atoms with Crippen molar-refractivity contribution in [1.82, 2.24) is 0 Å². The summed E-state index contributed by atoms with van der Waals surface area (Å²) in [7, 11) is 0. The van der Waals surface area contributed by atoms with Gasteiger partial charge < -0.3 is 0 Å². The Balaban J connectivity index is 2.43. The maximum atomic E-state index is 13.5. The average molecular weight is 367 g/mol. The Morgan fingerprint density at radius 1 is 1.00 bits per heavy atom. The van der Waals surface area contributed by atoms with Crippen LogP contribution < -0.4 is 0 Å². The number of hydrogen-bond acceptors (Lipinski definition) is 1. The lowest BCUT2D eigenvalue weighted by Gasteiger charge is -2.19. The lowest BCUT2D eigenvalue weighted by molar-refractivity contribution is -0.139. The van der Waals surface area contributed by atoms with Crippen LogP contribution in [0, 0.1) is 20.8 Å². The molecule has 0 aliphatic heterocycles. The van der Waals surface area contributed by atoms with Gasteiger partial charge in [0.2, 0.25) is 0 Å². The third-order valence-electron chi connectivity index (χ3n) is 4.07. The summed E-state index contributed by atoms with van der Waals surface area (Å²) in [6.07, 6.45) is -1.13. The van der Waals surface area contributed by atoms with Crippen LogP contribution in [-0.2, 0) is 0 Å². The van der Waals surface area contributed by atoms with Gasteiger partial charge in [-0.1, -0.05) is 54.1 Å². The molecule has 0 fully saturated rings. The zero-order valence-corrected chi connectivity index (χ0v) is 14.9. The Hall–Kier alpha value is -2.07. The van der Waals surface area contributed by atoms with E-state index in [0.717, 1.165) is 17.9 Å². The van der Waals surface area contributed by atoms with Gasteiger partial charge >= 0.3 is 6.18 Å². The third-order valence-corrected chi connectivity index (χ3v) is 4.67. The van der Waals surface area contributed by atoms with E-state index in [4.69, 9.17) is 11.6 Å². The van der Waals surface area contributed by atoms with Gasteiger partial charge in [-0.2, -0.15) is 13.2 Å². The summed E-state index contributed by atoms with van der Waals surface area (Å²) in [4.78, 5) is 10.8. The van der Waals surface area contributed by atoms with Gasteiger partial charge in [-0.3, -0.25) is 4.79 Å². The minimum atomic E-state index is -4.42. The standard InChI is InChI=1S/C20H18ClF3O/c1-12-8-15(4-6-16(12)11-25)5-7-18(20(22,23)24)17-9-13(2)19(21)14(3)10-17/h4-11,18H,1-3H3/b7-5+. The number of allylic oxidation sites excluding steroid dienone is 1. The molecular formula is C20H18ClF3O. The second kappa shape index (κ2) is 7.44. The number of carbonyl (C=O) groups is 1. The first-order chi connectivity index (χ1) is 11.6. The second-order valence-corrected chi connectivity index (χ2v) is 6.46. The molecule has 25 heavy (non-hydrogen) atoms. The first kappa shape index (κ1) is 19.3. The van der Waals surface area contributed by atoms with Gasteiger partial charge in [0.15, 0.2) is 0 Å². The zero-order chi connectivity index (χ0) is 18.8. The number of benzene rings is 2. The maximum absolute atomic E-state index is 13.5. The Morgan fingerprint density at radius 3 is 2.08 bits per heavy atom. The number of aryl methyl sites for hydroxylation is 3. The molecule has 0 aliphatic carbocycles. The largest absolute Gasteiger partial charge is 0.399 e. The van der Waals surface area contributed by atoms with E-state index in [9.17, 15) is 18.0 Å². The van der Waals surface area contributed by atoms with Crippen LogP contribution in [0.15, 0.2) is 36.4 Å². The predicted octanol–water partition coefficient (Wildman–Crippen LogP) is 6.44. The molecule has 132 valence electrons. The van der Waals surface area contributed by atoms with Crippen molar-refractivity contribution < 1.29 is 18.0 Å². The van der Waals surface area contributed by atoms with Crippen molar-refractivity contribution in [3.63, 3.8) is 0 Å². The van der Waals surface area contributed by atoms with Crippen molar-refractivity contribution in [1.29, 1.82) is 0 Å². The molecule has 0 N–H and O–H groups in total. The molecule has 0 spiro atoms. The van der Waals surface area contributed by atoms with Gasteiger partial charge in [0, 0.05) is 10.6 Å². The number of aldehydes is 1. The molecular weight excluding hydrogens is 349 g/mol. The van der Waals surface area contributed by atoms with Gasteiger partial charge in [0.1, 0.15) is 6.29 Å². The molecule has 5 heteroatoms. The number of halogens is 4. The summed E-state index contributed by atoms with van der Waals surface area (Å²) in [5.41, 5.74) is 3.24. The van der Waals surface area contributed by atoms with Crippen LogP contribution in [0.1, 0.15) is 44.1 Å². The summed E-state index contributed by atoms with van der Waals surface area (Å²) in [6, 6.07) is 7.85. The van der Waals surface area contributed by atoms with Gasteiger partial charge in [-0.15, -0.1) is 0 Å². The van der Waals surface area contributed by atoms with E-state index >= 15 is 0 Å². The highest BCUT2D eigenvalue weighted by atomic mass is 35.5. The number of carbonyl (C=O) groups excluding carboxylic acids is 1. The molecule has 2 aromatic carbocycles. The van der Waals surface area contributed by atoms with E-state index in [1.165, 1.54) is 18.2 Å². The summed E-state index contributed by atoms with van der Waals surface area (Å²) in [5.74, 6) is -1.73. The zero-order valence-electron chi connectivity index (χ0n) is 14.1. The van der Waals surface area contributed by atoms with E-state index in [0.29, 0.717) is 27.3 Å². The molecule has 0 aliphatic rings. The van der Waals surface area contributed by atoms with E-state index in [1.54, 1.807) is 39.0 Å². The molecule has 0 aromatic heterocycles. The monoisotopic (exact) mass is 366 g/mol. The predicted molar refractivity (Wildman–Crippen MR) is 95.3 cm³/mol. The fourth-order valence-corrected chi connectivity index (χ4v) is 2.82. The molecule has 1 unspecified atom stereocenters. The number of hydrogen-bond donors (Lipinski definition) is 0. The highest BCUT2D eigenvalue weighted by molar-refractivity contribution is 6.32. The quantitative estimate of drug-likeness (QED) is 0.569. The van der Waals surface area contributed by atoms with Gasteiger partial charge in [0.05, 0.1) is 5.92 Å². The fourth-order valence-electron chi connectivity index (χ4n) is 2.71. The Kier molecular flexibility index (Phi) is 5.73. The van der Waals surface area contributed by atoms with Gasteiger partial charge in [0.25, 0.3) is 0 Å². The normalized spacial score (nSPS) is 13.2. The first-order valence-electron chi connectivity index (χ1n) is 7.71. The van der Waals surface area contributed by atoms with E-state index in [-0.39, 0.29) is 5.56 Å². The van der Waals surface area contributed by atoms with Crippen LogP contribution in [0.3, 0.4) is 0 Å². The fraction of sp³-hybridized carbons (Fsp3) is 0.250. The Bertz CT molecular complexity index is 799. The summed E-state index contributed by atoms with van der Waals surface area (Å²) < 4.78 is 40.6. The summed E-state index contributed by atoms with van der Waals surface area (Å²) >= 11 is 6.06. The van der Waals surface area contributed by atoms with Crippen LogP contribution in [0.25, 0.3) is 6.08 Å². The average Bonchev–Trinajstić information content (AvgIpc) is 2.51. The molecule has 1 nitrogen and oxygen atoms in total. The van der Waals surface area contributed by atoms with Crippen LogP contribution in [0.2, 0.25) is 5.02 Å². The minimum Gasteiger partial charge on any atom is -0.298 e. The Morgan fingerprint density at radius 2 is 1.60 bits per heavy atom. The van der Waals surface area contributed by atoms with E-state index in [1.807, 2.05) is 0 Å². The molecule has 0 radical (unpaired) electrons. The number of alkyl halides is 3. The van der Waals surface area contributed by atoms with Crippen molar-refractivity contribution in [3.05, 3.63) is 74.8 Å². The molecule has 0 saturated carbocycles. The van der Waals surface area contributed by atoms with E-state index < -0.39 is 12.1 Å². The lowest BCUT2D eigenvalue weighted by atomic mass is 9.93. The van der Waals surface area contributed by atoms with Crippen molar-refractivity contribution in [2.75, 3.05) is 0 Å². The van der Waals surface area contributed by atoms with E-state index in [2.05, 4.69) is 0 Å². The van der Waals surface area contributed by atoms with Gasteiger partial charge in [-0.25, -0.2) is 0 Å². The molecule has 0 heterocycles. The topological polar surface area (TPSA) is 17.1 Å². The smallest absolute Gasteiger partial charge is 0.298 e. The minimum absolute atomic E-state index is 0.157. The SMILES string of the molecule is Cc1cc(/C=C/C(c2cc(C)c(Cl)c(C)c2)C(F)(F)F)ccc1C=O. The van der Waals surface area contributed by atoms with Crippen LogP contribution in [0.5, 0.6) is 0 Å². The van der Waals surface area contributed by atoms with Crippen LogP contribution in [-0.4, -0.2) is 12.5 Å². The lowest BCUT2D eigenvalue weighted by Crippen LogP contribution is -2.19. The third kappa shape index (κ3) is 4.51. The summed E-state index contributed by atoms with van der Waals surface area (Å²) in [5, 5.41) is 0.480. The first-order valence-corrected chi connectivity index (χ1v) is 8.08. The number of rotatable bonds is 4. The molecule has 0 saturated heterocycles. The van der Waals surface area contributed by atoms with Crippen molar-refractivity contribution in [2.45, 2.75) is 32.9 Å². The van der Waals surface area contributed by atoms with Crippen molar-refractivity contribution in [3.8, 4) is 0 Å². The molecule has 0 amide bonds. The van der Waals surface area contributed by atoms with Gasteiger partial charge in [-0.05, 0) is 48.6 Å².